The van der Waals surface area contributed by atoms with Crippen LogP contribution in [-0.4, -0.2) is 15.7 Å². The second kappa shape index (κ2) is 8.70. The first-order valence-electron chi connectivity index (χ1n) is 8.99. The number of hydrogen-bond donors (Lipinski definition) is 1. The average molecular weight is 407 g/mol. The van der Waals surface area contributed by atoms with E-state index < -0.39 is 0 Å². The summed E-state index contributed by atoms with van der Waals surface area (Å²) in [6.07, 6.45) is 3.29. The Labute approximate surface area is 171 Å². The first-order chi connectivity index (χ1) is 14.2. The SMILES string of the molecule is O=C(Nc1cnn(Cc2cccc(F)c2)c1)c1cc(COc2ccccc2)cs1. The molecule has 1 N–H and O–H groups in total. The molecule has 29 heavy (non-hydrogen) atoms. The molecule has 4 rings (SSSR count). The Bertz CT molecular complexity index is 1110. The summed E-state index contributed by atoms with van der Waals surface area (Å²) < 4.78 is 20.7. The highest BCUT2D eigenvalue weighted by molar-refractivity contribution is 7.12. The van der Waals surface area contributed by atoms with E-state index in [0.717, 1.165) is 16.9 Å². The number of hydrogen-bond acceptors (Lipinski definition) is 4. The molecule has 0 aliphatic rings. The van der Waals surface area contributed by atoms with Crippen LogP contribution in [0.5, 0.6) is 5.75 Å². The normalized spacial score (nSPS) is 10.7. The molecule has 2 aromatic heterocycles. The molecular formula is C22H18FN3O2S. The van der Waals surface area contributed by atoms with Gasteiger partial charge in [-0.1, -0.05) is 30.3 Å². The van der Waals surface area contributed by atoms with Gasteiger partial charge in [0.2, 0.25) is 0 Å². The number of carbonyl (C=O) groups excluding carboxylic acids is 1. The first kappa shape index (κ1) is 18.9. The van der Waals surface area contributed by atoms with Crippen LogP contribution in [0.25, 0.3) is 0 Å². The number of rotatable bonds is 7. The summed E-state index contributed by atoms with van der Waals surface area (Å²) in [4.78, 5) is 13.1. The number of ether oxygens (including phenoxy) is 1. The van der Waals surface area contributed by atoms with Gasteiger partial charge in [-0.2, -0.15) is 5.10 Å². The standard InChI is InChI=1S/C22H18FN3O2S/c23-18-6-4-5-16(9-18)12-26-13-19(11-24-26)25-22(27)21-10-17(15-29-21)14-28-20-7-2-1-3-8-20/h1-11,13,15H,12,14H2,(H,25,27). The summed E-state index contributed by atoms with van der Waals surface area (Å²) in [6.45, 7) is 0.826. The summed E-state index contributed by atoms with van der Waals surface area (Å²) in [7, 11) is 0. The topological polar surface area (TPSA) is 56.2 Å². The van der Waals surface area contributed by atoms with Gasteiger partial charge in [-0.3, -0.25) is 9.48 Å². The number of halogens is 1. The Kier molecular flexibility index (Phi) is 5.67. The van der Waals surface area contributed by atoms with Crippen molar-refractivity contribution >= 4 is 22.9 Å². The molecular weight excluding hydrogens is 389 g/mol. The molecule has 7 heteroatoms. The Balaban J connectivity index is 1.34. The number of benzene rings is 2. The molecule has 0 saturated heterocycles. The van der Waals surface area contributed by atoms with Gasteiger partial charge in [0.15, 0.2) is 0 Å². The fraction of sp³-hybridized carbons (Fsp3) is 0.0909. The van der Waals surface area contributed by atoms with Crippen LogP contribution in [-0.2, 0) is 13.2 Å². The van der Waals surface area contributed by atoms with Crippen molar-refractivity contribution in [1.82, 2.24) is 9.78 Å². The molecule has 0 unspecified atom stereocenters. The van der Waals surface area contributed by atoms with E-state index >= 15 is 0 Å². The maximum atomic E-state index is 13.3. The van der Waals surface area contributed by atoms with Gasteiger partial charge >= 0.3 is 0 Å². The second-order valence-corrected chi connectivity index (χ2v) is 7.34. The zero-order valence-corrected chi connectivity index (χ0v) is 16.2. The molecule has 0 atom stereocenters. The van der Waals surface area contributed by atoms with Crippen LogP contribution in [0.15, 0.2) is 78.4 Å². The van der Waals surface area contributed by atoms with Gasteiger partial charge in [-0.15, -0.1) is 11.3 Å². The highest BCUT2D eigenvalue weighted by Gasteiger charge is 2.11. The van der Waals surface area contributed by atoms with Crippen LogP contribution in [0, 0.1) is 5.82 Å². The van der Waals surface area contributed by atoms with Crippen LogP contribution in [0.3, 0.4) is 0 Å². The molecule has 146 valence electrons. The molecule has 2 heterocycles. The second-order valence-electron chi connectivity index (χ2n) is 6.43. The predicted molar refractivity (Wildman–Crippen MR) is 111 cm³/mol. The van der Waals surface area contributed by atoms with Crippen molar-refractivity contribution in [3.8, 4) is 5.75 Å². The Morgan fingerprint density at radius 3 is 2.79 bits per heavy atom. The zero-order valence-electron chi connectivity index (χ0n) is 15.4. The minimum absolute atomic E-state index is 0.203. The first-order valence-corrected chi connectivity index (χ1v) is 9.87. The average Bonchev–Trinajstić information content (AvgIpc) is 3.37. The fourth-order valence-electron chi connectivity index (χ4n) is 2.78. The molecule has 0 aliphatic heterocycles. The third kappa shape index (κ3) is 5.08. The van der Waals surface area contributed by atoms with Gasteiger partial charge in [-0.25, -0.2) is 4.39 Å². The van der Waals surface area contributed by atoms with Gasteiger partial charge in [0.1, 0.15) is 18.2 Å². The monoisotopic (exact) mass is 407 g/mol. The number of para-hydroxylation sites is 1. The van der Waals surface area contributed by atoms with Crippen LogP contribution in [0.4, 0.5) is 10.1 Å². The van der Waals surface area contributed by atoms with Crippen molar-refractivity contribution in [3.63, 3.8) is 0 Å². The number of amides is 1. The minimum atomic E-state index is -0.284. The van der Waals surface area contributed by atoms with E-state index in [1.807, 2.05) is 47.8 Å². The molecule has 1 amide bonds. The maximum Gasteiger partial charge on any atom is 0.265 e. The number of aromatic nitrogens is 2. The van der Waals surface area contributed by atoms with Crippen molar-refractivity contribution in [2.24, 2.45) is 0 Å². The van der Waals surface area contributed by atoms with E-state index in [1.165, 1.54) is 23.5 Å². The number of nitrogens with zero attached hydrogens (tertiary/aromatic N) is 2. The number of carbonyl (C=O) groups is 1. The third-order valence-corrected chi connectivity index (χ3v) is 5.13. The van der Waals surface area contributed by atoms with Gasteiger partial charge in [-0.05, 0) is 41.3 Å². The van der Waals surface area contributed by atoms with Crippen molar-refractivity contribution in [3.05, 3.63) is 100 Å². The summed E-state index contributed by atoms with van der Waals surface area (Å²) >= 11 is 1.36. The van der Waals surface area contributed by atoms with Crippen molar-refractivity contribution in [2.75, 3.05) is 5.32 Å². The molecule has 0 radical (unpaired) electrons. The fourth-order valence-corrected chi connectivity index (χ4v) is 3.58. The van der Waals surface area contributed by atoms with E-state index in [1.54, 1.807) is 23.1 Å². The van der Waals surface area contributed by atoms with Gasteiger partial charge < -0.3 is 10.1 Å². The molecule has 2 aromatic carbocycles. The van der Waals surface area contributed by atoms with Crippen LogP contribution < -0.4 is 10.1 Å². The molecule has 0 bridgehead atoms. The molecule has 5 nitrogen and oxygen atoms in total. The summed E-state index contributed by atoms with van der Waals surface area (Å²) in [5.74, 6) is 0.301. The van der Waals surface area contributed by atoms with Gasteiger partial charge in [0.05, 0.1) is 23.3 Å². The quantitative estimate of drug-likeness (QED) is 0.471. The highest BCUT2D eigenvalue weighted by atomic mass is 32.1. The van der Waals surface area contributed by atoms with Crippen LogP contribution in [0.2, 0.25) is 0 Å². The molecule has 0 spiro atoms. The molecule has 0 aliphatic carbocycles. The van der Waals surface area contributed by atoms with E-state index in [2.05, 4.69) is 10.4 Å². The lowest BCUT2D eigenvalue weighted by Gasteiger charge is -2.03. The Morgan fingerprint density at radius 2 is 1.97 bits per heavy atom. The summed E-state index contributed by atoms with van der Waals surface area (Å²) in [5, 5.41) is 8.96. The lowest BCUT2D eigenvalue weighted by molar-refractivity contribution is 0.103. The third-order valence-electron chi connectivity index (χ3n) is 4.15. The zero-order chi connectivity index (χ0) is 20.1. The number of nitrogens with one attached hydrogen (secondary N) is 1. The number of thiophene rings is 1. The minimum Gasteiger partial charge on any atom is -0.489 e. The lowest BCUT2D eigenvalue weighted by atomic mass is 10.2. The summed E-state index contributed by atoms with van der Waals surface area (Å²) in [6, 6.07) is 17.7. The molecule has 0 saturated carbocycles. The lowest BCUT2D eigenvalue weighted by Crippen LogP contribution is -2.09. The largest absolute Gasteiger partial charge is 0.489 e. The maximum absolute atomic E-state index is 13.3. The van der Waals surface area contributed by atoms with E-state index in [4.69, 9.17) is 4.74 Å². The number of anilines is 1. The highest BCUT2D eigenvalue weighted by Crippen LogP contribution is 2.19. The predicted octanol–water partition coefficient (Wildman–Crippen LogP) is 4.96. The molecule has 4 aromatic rings. The summed E-state index contributed by atoms with van der Waals surface area (Å²) in [5.41, 5.74) is 2.32. The van der Waals surface area contributed by atoms with E-state index in [9.17, 15) is 9.18 Å². The van der Waals surface area contributed by atoms with Gasteiger partial charge in [0.25, 0.3) is 5.91 Å². The van der Waals surface area contributed by atoms with Gasteiger partial charge in [0, 0.05) is 11.8 Å². The van der Waals surface area contributed by atoms with Crippen molar-refractivity contribution in [2.45, 2.75) is 13.2 Å². The van der Waals surface area contributed by atoms with Crippen LogP contribution >= 0.6 is 11.3 Å². The molecule has 0 fully saturated rings. The Hall–Kier alpha value is -3.45. The van der Waals surface area contributed by atoms with E-state index in [-0.39, 0.29) is 11.7 Å². The van der Waals surface area contributed by atoms with Crippen LogP contribution in [0.1, 0.15) is 20.8 Å². The Morgan fingerprint density at radius 1 is 1.10 bits per heavy atom. The van der Waals surface area contributed by atoms with E-state index in [0.29, 0.717) is 23.7 Å². The van der Waals surface area contributed by atoms with Crippen molar-refractivity contribution in [1.29, 1.82) is 0 Å². The smallest absolute Gasteiger partial charge is 0.265 e. The van der Waals surface area contributed by atoms with Crippen molar-refractivity contribution < 1.29 is 13.9 Å².